The van der Waals surface area contributed by atoms with E-state index < -0.39 is 17.8 Å². The molecule has 0 unspecified atom stereocenters. The second-order valence-electron chi connectivity index (χ2n) is 4.82. The Morgan fingerprint density at radius 3 is 2.10 bits per heavy atom. The van der Waals surface area contributed by atoms with Crippen LogP contribution in [0.5, 0.6) is 0 Å². The van der Waals surface area contributed by atoms with E-state index in [1.54, 1.807) is 37.3 Å². The maximum absolute atomic E-state index is 12.4. The van der Waals surface area contributed by atoms with Crippen molar-refractivity contribution >= 4 is 23.5 Å². The number of hydrogen-bond acceptors (Lipinski definition) is 3. The van der Waals surface area contributed by atoms with Crippen molar-refractivity contribution in [3.63, 3.8) is 0 Å². The second-order valence-corrected chi connectivity index (χ2v) is 4.82. The number of carbonyl (C=O) groups excluding carboxylic acids is 2. The average Bonchev–Trinajstić information content (AvgIpc) is 2.72. The Morgan fingerprint density at radius 1 is 1.00 bits per heavy atom. The maximum atomic E-state index is 12.4. The molecule has 1 N–H and O–H groups in total. The number of carboxylic acids is 1. The van der Waals surface area contributed by atoms with Crippen molar-refractivity contribution < 1.29 is 19.5 Å². The van der Waals surface area contributed by atoms with Crippen molar-refractivity contribution in [1.82, 2.24) is 0 Å². The number of fused-ring (bicyclic) bond motifs is 1. The van der Waals surface area contributed by atoms with Gasteiger partial charge >= 0.3 is 5.97 Å². The number of nitrogens with zero attached hydrogens (tertiary/aromatic N) is 1. The molecule has 0 spiro atoms. The molecule has 5 heteroatoms. The highest BCUT2D eigenvalue weighted by Gasteiger charge is 2.38. The van der Waals surface area contributed by atoms with E-state index in [0.29, 0.717) is 11.1 Å². The van der Waals surface area contributed by atoms with Crippen molar-refractivity contribution in [3.05, 3.63) is 64.7 Å². The molecule has 0 bridgehead atoms. The van der Waals surface area contributed by atoms with Crippen LogP contribution in [-0.4, -0.2) is 22.9 Å². The number of carboxylic acid groups (broad SMARTS) is 1. The van der Waals surface area contributed by atoms with E-state index in [9.17, 15) is 19.5 Å². The molecule has 0 fully saturated rings. The first kappa shape index (κ1) is 13.1. The first-order chi connectivity index (χ1) is 10.0. The summed E-state index contributed by atoms with van der Waals surface area (Å²) in [5.41, 5.74) is 1.36. The molecule has 0 aromatic heterocycles. The largest absolute Gasteiger partial charge is 0.478 e. The number of carbonyl (C=O) groups is 3. The quantitative estimate of drug-likeness (QED) is 0.858. The Kier molecular flexibility index (Phi) is 2.83. The first-order valence-electron chi connectivity index (χ1n) is 6.32. The lowest BCUT2D eigenvalue weighted by molar-refractivity contribution is 0.0697. The van der Waals surface area contributed by atoms with Gasteiger partial charge in [-0.1, -0.05) is 23.8 Å². The summed E-state index contributed by atoms with van der Waals surface area (Å²) < 4.78 is 0. The number of aryl methyl sites for hydroxylation is 1. The SMILES string of the molecule is Cc1ccc(N2C(=O)c3ccccc3C2=O)c(C(=O)O)c1. The van der Waals surface area contributed by atoms with Crippen LogP contribution < -0.4 is 4.90 Å². The zero-order chi connectivity index (χ0) is 15.1. The highest BCUT2D eigenvalue weighted by Crippen LogP contribution is 2.31. The molecule has 1 aliphatic heterocycles. The molecule has 0 radical (unpaired) electrons. The molecule has 5 nitrogen and oxygen atoms in total. The predicted octanol–water partition coefficient (Wildman–Crippen LogP) is 2.49. The fraction of sp³-hybridized carbons (Fsp3) is 0.0625. The zero-order valence-electron chi connectivity index (χ0n) is 11.2. The van der Waals surface area contributed by atoms with E-state index in [-0.39, 0.29) is 11.3 Å². The fourth-order valence-corrected chi connectivity index (χ4v) is 2.42. The van der Waals surface area contributed by atoms with Gasteiger partial charge in [0.1, 0.15) is 0 Å². The van der Waals surface area contributed by atoms with Gasteiger partial charge in [0.15, 0.2) is 0 Å². The smallest absolute Gasteiger partial charge is 0.337 e. The van der Waals surface area contributed by atoms with Crippen LogP contribution in [0.2, 0.25) is 0 Å². The third-order valence-corrected chi connectivity index (χ3v) is 3.42. The minimum atomic E-state index is -1.18. The van der Waals surface area contributed by atoms with Gasteiger partial charge in [0.05, 0.1) is 22.4 Å². The Balaban J connectivity index is 2.18. The molecule has 2 aromatic carbocycles. The third kappa shape index (κ3) is 1.90. The summed E-state index contributed by atoms with van der Waals surface area (Å²) in [7, 11) is 0. The molecule has 0 aliphatic carbocycles. The van der Waals surface area contributed by atoms with E-state index >= 15 is 0 Å². The summed E-state index contributed by atoms with van der Waals surface area (Å²) in [4.78, 5) is 37.1. The van der Waals surface area contributed by atoms with Crippen LogP contribution in [0.4, 0.5) is 5.69 Å². The van der Waals surface area contributed by atoms with Crippen LogP contribution >= 0.6 is 0 Å². The second kappa shape index (κ2) is 4.56. The Bertz CT molecular complexity index is 760. The minimum Gasteiger partial charge on any atom is -0.478 e. The van der Waals surface area contributed by atoms with Crippen LogP contribution in [0.25, 0.3) is 0 Å². The number of aromatic carboxylic acids is 1. The molecule has 0 atom stereocenters. The summed E-state index contributed by atoms with van der Waals surface area (Å²) >= 11 is 0. The van der Waals surface area contributed by atoms with E-state index in [4.69, 9.17) is 0 Å². The van der Waals surface area contributed by atoms with Crippen LogP contribution in [-0.2, 0) is 0 Å². The van der Waals surface area contributed by atoms with Gasteiger partial charge in [-0.25, -0.2) is 9.69 Å². The van der Waals surface area contributed by atoms with Crippen LogP contribution in [0.15, 0.2) is 42.5 Å². The number of benzene rings is 2. The fourth-order valence-electron chi connectivity index (χ4n) is 2.42. The summed E-state index contributed by atoms with van der Waals surface area (Å²) in [5, 5.41) is 9.29. The standard InChI is InChI=1S/C16H11NO4/c1-9-6-7-13(12(8-9)16(20)21)17-14(18)10-4-2-3-5-11(10)15(17)19/h2-8H,1H3,(H,20,21). The molecule has 104 valence electrons. The summed E-state index contributed by atoms with van der Waals surface area (Å²) in [6.45, 7) is 1.75. The van der Waals surface area contributed by atoms with Crippen molar-refractivity contribution in [2.45, 2.75) is 6.92 Å². The summed E-state index contributed by atoms with van der Waals surface area (Å²) in [5.74, 6) is -2.17. The molecule has 1 heterocycles. The number of rotatable bonds is 2. The van der Waals surface area contributed by atoms with Gasteiger partial charge < -0.3 is 5.11 Å². The van der Waals surface area contributed by atoms with Crippen molar-refractivity contribution in [2.24, 2.45) is 0 Å². The highest BCUT2D eigenvalue weighted by atomic mass is 16.4. The molecular weight excluding hydrogens is 270 g/mol. The Hall–Kier alpha value is -2.95. The molecule has 0 saturated heterocycles. The van der Waals surface area contributed by atoms with Crippen molar-refractivity contribution in [3.8, 4) is 0 Å². The van der Waals surface area contributed by atoms with Crippen LogP contribution in [0, 0.1) is 6.92 Å². The predicted molar refractivity (Wildman–Crippen MR) is 75.7 cm³/mol. The lowest BCUT2D eigenvalue weighted by Crippen LogP contribution is -2.31. The van der Waals surface area contributed by atoms with E-state index in [1.807, 2.05) is 0 Å². The van der Waals surface area contributed by atoms with Crippen molar-refractivity contribution in [2.75, 3.05) is 4.90 Å². The highest BCUT2D eigenvalue weighted by molar-refractivity contribution is 6.35. The number of imide groups is 1. The number of amides is 2. The Morgan fingerprint density at radius 2 is 1.57 bits per heavy atom. The zero-order valence-corrected chi connectivity index (χ0v) is 11.2. The monoisotopic (exact) mass is 281 g/mol. The molecule has 3 rings (SSSR count). The maximum Gasteiger partial charge on any atom is 0.337 e. The lowest BCUT2D eigenvalue weighted by atomic mass is 10.1. The van der Waals surface area contributed by atoms with Gasteiger partial charge in [-0.05, 0) is 31.2 Å². The van der Waals surface area contributed by atoms with Crippen LogP contribution in [0.1, 0.15) is 36.6 Å². The molecular formula is C16H11NO4. The average molecular weight is 281 g/mol. The normalized spacial score (nSPS) is 13.5. The molecule has 2 aromatic rings. The van der Waals surface area contributed by atoms with Crippen molar-refractivity contribution in [1.29, 1.82) is 0 Å². The topological polar surface area (TPSA) is 74.7 Å². The van der Waals surface area contributed by atoms with Gasteiger partial charge in [-0.2, -0.15) is 0 Å². The summed E-state index contributed by atoms with van der Waals surface area (Å²) in [6, 6.07) is 11.1. The van der Waals surface area contributed by atoms with E-state index in [1.165, 1.54) is 12.1 Å². The lowest BCUT2D eigenvalue weighted by Gasteiger charge is -2.16. The first-order valence-corrected chi connectivity index (χ1v) is 6.32. The molecule has 1 aliphatic rings. The van der Waals surface area contributed by atoms with E-state index in [2.05, 4.69) is 0 Å². The van der Waals surface area contributed by atoms with Gasteiger partial charge in [-0.3, -0.25) is 9.59 Å². The van der Waals surface area contributed by atoms with Gasteiger partial charge in [0.2, 0.25) is 0 Å². The molecule has 2 amide bonds. The third-order valence-electron chi connectivity index (χ3n) is 3.42. The van der Waals surface area contributed by atoms with Gasteiger partial charge in [0, 0.05) is 0 Å². The van der Waals surface area contributed by atoms with Crippen LogP contribution in [0.3, 0.4) is 0 Å². The minimum absolute atomic E-state index is 0.0653. The van der Waals surface area contributed by atoms with Gasteiger partial charge in [0.25, 0.3) is 11.8 Å². The Labute approximate surface area is 120 Å². The summed E-state index contributed by atoms with van der Waals surface area (Å²) in [6.07, 6.45) is 0. The molecule has 21 heavy (non-hydrogen) atoms. The number of anilines is 1. The van der Waals surface area contributed by atoms with E-state index in [0.717, 1.165) is 10.5 Å². The number of hydrogen-bond donors (Lipinski definition) is 1. The molecule has 0 saturated carbocycles. The van der Waals surface area contributed by atoms with Gasteiger partial charge in [-0.15, -0.1) is 0 Å².